The highest BCUT2D eigenvalue weighted by Crippen LogP contribution is 2.67. The molecule has 7 atom stereocenters. The lowest BCUT2D eigenvalue weighted by Gasteiger charge is -2.58. The van der Waals surface area contributed by atoms with Crippen molar-refractivity contribution >= 4 is 11.5 Å². The Bertz CT molecular complexity index is 1120. The van der Waals surface area contributed by atoms with Crippen LogP contribution < -0.4 is 5.73 Å². The van der Waals surface area contributed by atoms with E-state index in [4.69, 9.17) is 5.73 Å². The number of amidine groups is 1. The molecule has 0 aromatic heterocycles. The highest BCUT2D eigenvalue weighted by Gasteiger charge is 2.59. The molecule has 0 radical (unpaired) electrons. The highest BCUT2D eigenvalue weighted by molar-refractivity contribution is 6.31. The van der Waals surface area contributed by atoms with Gasteiger partial charge in [0.05, 0.1) is 6.10 Å². The summed E-state index contributed by atoms with van der Waals surface area (Å²) < 4.78 is 0. The SMILES string of the molecule is C/C(=C1/C(N)=NN=C1c1ccccc1)[C@H]1CC[C@H]2[C@@H]3CC=C4C[C@@H](O)CC[C@]4(C)[C@H]3CC[C@]12C. The van der Waals surface area contributed by atoms with Crippen LogP contribution in [-0.2, 0) is 0 Å². The van der Waals surface area contributed by atoms with E-state index in [2.05, 4.69) is 61.3 Å². The van der Waals surface area contributed by atoms with Gasteiger partial charge in [-0.15, -0.1) is 10.2 Å². The fourth-order valence-electron chi connectivity index (χ4n) is 9.04. The topological polar surface area (TPSA) is 71.0 Å². The van der Waals surface area contributed by atoms with E-state index in [-0.39, 0.29) is 6.10 Å². The van der Waals surface area contributed by atoms with Crippen molar-refractivity contribution in [2.75, 3.05) is 0 Å². The summed E-state index contributed by atoms with van der Waals surface area (Å²) in [5, 5.41) is 19.1. The highest BCUT2D eigenvalue weighted by atomic mass is 16.3. The molecule has 0 amide bonds. The molecule has 1 heterocycles. The van der Waals surface area contributed by atoms with Gasteiger partial charge in [0, 0.05) is 11.1 Å². The molecule has 180 valence electrons. The molecular weight excluding hydrogens is 418 g/mol. The number of nitrogens with zero attached hydrogens (tertiary/aromatic N) is 2. The van der Waals surface area contributed by atoms with Crippen LogP contribution in [0.1, 0.15) is 77.7 Å². The lowest BCUT2D eigenvalue weighted by molar-refractivity contribution is -0.0454. The van der Waals surface area contributed by atoms with Crippen LogP contribution in [0.25, 0.3) is 0 Å². The first-order chi connectivity index (χ1) is 16.3. The molecular formula is C30H39N3O. The van der Waals surface area contributed by atoms with Gasteiger partial charge in [0.2, 0.25) is 0 Å². The Morgan fingerprint density at radius 2 is 1.79 bits per heavy atom. The zero-order valence-corrected chi connectivity index (χ0v) is 20.9. The molecule has 0 bridgehead atoms. The maximum Gasteiger partial charge on any atom is 0.155 e. The first-order valence-corrected chi connectivity index (χ1v) is 13.4. The second kappa shape index (κ2) is 7.91. The Morgan fingerprint density at radius 1 is 1.00 bits per heavy atom. The number of aliphatic hydroxyl groups excluding tert-OH is 1. The molecule has 4 aliphatic carbocycles. The van der Waals surface area contributed by atoms with E-state index in [0.29, 0.717) is 22.6 Å². The minimum Gasteiger partial charge on any atom is -0.393 e. The molecule has 1 aromatic rings. The summed E-state index contributed by atoms with van der Waals surface area (Å²) in [6.07, 6.45) is 11.8. The Morgan fingerprint density at radius 3 is 2.59 bits per heavy atom. The summed E-state index contributed by atoms with van der Waals surface area (Å²) in [6, 6.07) is 10.4. The Hall–Kier alpha value is -2.20. The third-order valence-corrected chi connectivity index (χ3v) is 10.8. The molecule has 1 aromatic carbocycles. The van der Waals surface area contributed by atoms with Crippen molar-refractivity contribution in [3.63, 3.8) is 0 Å². The van der Waals surface area contributed by atoms with E-state index in [1.54, 1.807) is 5.57 Å². The van der Waals surface area contributed by atoms with Crippen molar-refractivity contribution in [2.24, 2.45) is 50.4 Å². The van der Waals surface area contributed by atoms with E-state index in [9.17, 15) is 5.11 Å². The number of allylic oxidation sites excluding steroid dienone is 2. The monoisotopic (exact) mass is 457 g/mol. The standard InChI is InChI=1S/C30H39N3O/c1-18(26-27(32-33-28(26)31)19-7-5-4-6-8-19)23-11-12-24-22-10-9-20-17-21(34)13-15-29(20,2)25(22)14-16-30(23,24)3/h4-9,21-25,34H,10-17H2,1-3H3,(H2,31,33)/b26-18-/t21-,22-,23+,24-,25-,29-,30+/m0/s1. The fraction of sp³-hybridized carbons (Fsp3) is 0.600. The third-order valence-electron chi connectivity index (χ3n) is 10.8. The van der Waals surface area contributed by atoms with Crippen LogP contribution in [0.15, 0.2) is 63.3 Å². The van der Waals surface area contributed by atoms with Crippen molar-refractivity contribution in [1.82, 2.24) is 0 Å². The quantitative estimate of drug-likeness (QED) is 0.533. The van der Waals surface area contributed by atoms with Crippen molar-refractivity contribution in [3.8, 4) is 0 Å². The summed E-state index contributed by atoms with van der Waals surface area (Å²) in [5.41, 5.74) is 13.1. The maximum absolute atomic E-state index is 10.3. The number of rotatable bonds is 2. The number of benzene rings is 1. The van der Waals surface area contributed by atoms with Gasteiger partial charge < -0.3 is 10.8 Å². The Kier molecular flexibility index (Phi) is 5.18. The minimum atomic E-state index is -0.131. The summed E-state index contributed by atoms with van der Waals surface area (Å²) in [6.45, 7) is 7.39. The van der Waals surface area contributed by atoms with Crippen molar-refractivity contribution < 1.29 is 5.11 Å². The maximum atomic E-state index is 10.3. The van der Waals surface area contributed by atoms with Crippen LogP contribution in [0.5, 0.6) is 0 Å². The van der Waals surface area contributed by atoms with Gasteiger partial charge in [0.25, 0.3) is 0 Å². The normalized spacial score (nSPS) is 42.7. The molecule has 34 heavy (non-hydrogen) atoms. The summed E-state index contributed by atoms with van der Waals surface area (Å²) in [5.74, 6) is 3.40. The summed E-state index contributed by atoms with van der Waals surface area (Å²) >= 11 is 0. The molecule has 1 aliphatic heterocycles. The van der Waals surface area contributed by atoms with Gasteiger partial charge in [-0.05, 0) is 92.8 Å². The van der Waals surface area contributed by atoms with E-state index >= 15 is 0 Å². The third kappa shape index (κ3) is 3.13. The number of fused-ring (bicyclic) bond motifs is 5. The minimum absolute atomic E-state index is 0.131. The van der Waals surface area contributed by atoms with Crippen LogP contribution in [0.2, 0.25) is 0 Å². The van der Waals surface area contributed by atoms with Gasteiger partial charge in [0.15, 0.2) is 5.84 Å². The van der Waals surface area contributed by atoms with E-state index in [1.165, 1.54) is 37.7 Å². The van der Waals surface area contributed by atoms with Crippen LogP contribution in [0, 0.1) is 34.5 Å². The van der Waals surface area contributed by atoms with Crippen LogP contribution >= 0.6 is 0 Å². The van der Waals surface area contributed by atoms with Gasteiger partial charge in [-0.2, -0.15) is 0 Å². The molecule has 4 nitrogen and oxygen atoms in total. The Labute approximate surface area is 204 Å². The smallest absolute Gasteiger partial charge is 0.155 e. The number of hydrogen-bond acceptors (Lipinski definition) is 4. The van der Waals surface area contributed by atoms with E-state index in [0.717, 1.165) is 53.9 Å². The molecule has 3 fully saturated rings. The first-order valence-electron chi connectivity index (χ1n) is 13.4. The van der Waals surface area contributed by atoms with E-state index in [1.807, 2.05) is 6.07 Å². The molecule has 3 N–H and O–H groups in total. The van der Waals surface area contributed by atoms with Crippen LogP contribution in [0.4, 0.5) is 0 Å². The largest absolute Gasteiger partial charge is 0.393 e. The average molecular weight is 458 g/mol. The second-order valence-electron chi connectivity index (χ2n) is 12.2. The Balaban J connectivity index is 1.33. The van der Waals surface area contributed by atoms with Crippen LogP contribution in [-0.4, -0.2) is 22.8 Å². The molecule has 6 rings (SSSR count). The molecule has 0 spiro atoms. The van der Waals surface area contributed by atoms with Gasteiger partial charge in [0.1, 0.15) is 5.71 Å². The lowest BCUT2D eigenvalue weighted by atomic mass is 9.47. The lowest BCUT2D eigenvalue weighted by Crippen LogP contribution is -2.50. The van der Waals surface area contributed by atoms with Crippen molar-refractivity contribution in [1.29, 1.82) is 0 Å². The summed E-state index contributed by atoms with van der Waals surface area (Å²) in [4.78, 5) is 0. The fourth-order valence-corrected chi connectivity index (χ4v) is 9.04. The summed E-state index contributed by atoms with van der Waals surface area (Å²) in [7, 11) is 0. The van der Waals surface area contributed by atoms with Crippen molar-refractivity contribution in [2.45, 2.75) is 78.2 Å². The predicted octanol–water partition coefficient (Wildman–Crippen LogP) is 6.02. The molecule has 0 unspecified atom stereocenters. The zero-order valence-electron chi connectivity index (χ0n) is 20.9. The molecule has 0 saturated heterocycles. The first kappa shape index (κ1) is 22.3. The zero-order chi connectivity index (χ0) is 23.7. The molecule has 3 saturated carbocycles. The van der Waals surface area contributed by atoms with Crippen LogP contribution in [0.3, 0.4) is 0 Å². The second-order valence-corrected chi connectivity index (χ2v) is 12.2. The predicted molar refractivity (Wildman–Crippen MR) is 139 cm³/mol. The number of aliphatic hydroxyl groups is 1. The molecule has 5 aliphatic rings. The number of nitrogens with two attached hydrogens (primary N) is 1. The van der Waals surface area contributed by atoms with Gasteiger partial charge in [-0.3, -0.25) is 0 Å². The van der Waals surface area contributed by atoms with Crippen molar-refractivity contribution in [3.05, 3.63) is 58.7 Å². The average Bonchev–Trinajstić information content (AvgIpc) is 3.39. The molecule has 4 heteroatoms. The van der Waals surface area contributed by atoms with Gasteiger partial charge in [-0.1, -0.05) is 61.4 Å². The van der Waals surface area contributed by atoms with Gasteiger partial charge >= 0.3 is 0 Å². The number of hydrogen-bond donors (Lipinski definition) is 2. The van der Waals surface area contributed by atoms with Gasteiger partial charge in [-0.25, -0.2) is 0 Å². The van der Waals surface area contributed by atoms with E-state index < -0.39 is 0 Å².